The summed E-state index contributed by atoms with van der Waals surface area (Å²) in [5.41, 5.74) is 1.11. The Morgan fingerprint density at radius 2 is 2.10 bits per heavy atom. The second kappa shape index (κ2) is 6.22. The smallest absolute Gasteiger partial charge is 0.273 e. The number of nitrogens with zero attached hydrogens (tertiary/aromatic N) is 5. The Hall–Kier alpha value is -1.95. The molecule has 0 aliphatic carbocycles. The molecule has 0 saturated carbocycles. The van der Waals surface area contributed by atoms with E-state index >= 15 is 0 Å². The lowest BCUT2D eigenvalue weighted by atomic mass is 10.3. The molecule has 112 valence electrons. The standard InChI is InChI=1S/C14H18ClN5O/c1-5-6-11-16-12(15)9(2)13(17-11)20-8-7-10(18-20)14(21)19(3)4/h7-8H,5-6H2,1-4H3. The maximum Gasteiger partial charge on any atom is 0.273 e. The van der Waals surface area contributed by atoms with Crippen LogP contribution in [0.4, 0.5) is 0 Å². The molecule has 0 N–H and O–H groups in total. The van der Waals surface area contributed by atoms with E-state index in [-0.39, 0.29) is 5.91 Å². The number of rotatable bonds is 4. The van der Waals surface area contributed by atoms with E-state index in [9.17, 15) is 4.79 Å². The molecule has 0 spiro atoms. The van der Waals surface area contributed by atoms with Crippen LogP contribution in [0.5, 0.6) is 0 Å². The average molecular weight is 308 g/mol. The van der Waals surface area contributed by atoms with Crippen LogP contribution in [0.3, 0.4) is 0 Å². The molecule has 0 aliphatic heterocycles. The molecule has 21 heavy (non-hydrogen) atoms. The van der Waals surface area contributed by atoms with E-state index < -0.39 is 0 Å². The third-order valence-corrected chi connectivity index (χ3v) is 3.38. The van der Waals surface area contributed by atoms with E-state index in [0.717, 1.165) is 18.4 Å². The Kier molecular flexibility index (Phi) is 4.57. The van der Waals surface area contributed by atoms with Crippen molar-refractivity contribution in [2.24, 2.45) is 0 Å². The Balaban J connectivity index is 2.44. The van der Waals surface area contributed by atoms with E-state index in [0.29, 0.717) is 22.5 Å². The van der Waals surface area contributed by atoms with Crippen LogP contribution in [-0.4, -0.2) is 44.7 Å². The first-order chi connectivity index (χ1) is 9.93. The van der Waals surface area contributed by atoms with Crippen molar-refractivity contribution in [2.75, 3.05) is 14.1 Å². The number of hydrogen-bond acceptors (Lipinski definition) is 4. The van der Waals surface area contributed by atoms with Crippen molar-refractivity contribution in [2.45, 2.75) is 26.7 Å². The molecule has 0 unspecified atom stereocenters. The summed E-state index contributed by atoms with van der Waals surface area (Å²) >= 11 is 6.16. The van der Waals surface area contributed by atoms with E-state index in [1.807, 2.05) is 6.92 Å². The lowest BCUT2D eigenvalue weighted by Gasteiger charge is -2.09. The normalized spacial score (nSPS) is 10.7. The molecule has 2 heterocycles. The highest BCUT2D eigenvalue weighted by Gasteiger charge is 2.15. The first-order valence-electron chi connectivity index (χ1n) is 6.74. The van der Waals surface area contributed by atoms with Gasteiger partial charge in [0.15, 0.2) is 11.5 Å². The largest absolute Gasteiger partial charge is 0.343 e. The Bertz CT molecular complexity index is 665. The monoisotopic (exact) mass is 307 g/mol. The number of carbonyl (C=O) groups excluding carboxylic acids is 1. The van der Waals surface area contributed by atoms with Gasteiger partial charge < -0.3 is 4.90 Å². The summed E-state index contributed by atoms with van der Waals surface area (Å²) in [6.45, 7) is 3.89. The van der Waals surface area contributed by atoms with Crippen molar-refractivity contribution in [3.8, 4) is 5.82 Å². The lowest BCUT2D eigenvalue weighted by Crippen LogP contribution is -2.22. The third-order valence-electron chi connectivity index (χ3n) is 3.01. The number of amides is 1. The Labute approximate surface area is 128 Å². The molecule has 7 heteroatoms. The zero-order valence-corrected chi connectivity index (χ0v) is 13.3. The predicted molar refractivity (Wildman–Crippen MR) is 80.9 cm³/mol. The summed E-state index contributed by atoms with van der Waals surface area (Å²) in [5, 5.41) is 4.70. The fraction of sp³-hybridized carbons (Fsp3) is 0.429. The van der Waals surface area contributed by atoms with E-state index in [4.69, 9.17) is 11.6 Å². The number of carbonyl (C=O) groups is 1. The molecular weight excluding hydrogens is 290 g/mol. The number of hydrogen-bond donors (Lipinski definition) is 0. The fourth-order valence-electron chi connectivity index (χ4n) is 1.86. The molecule has 0 saturated heterocycles. The minimum Gasteiger partial charge on any atom is -0.343 e. The van der Waals surface area contributed by atoms with Crippen molar-refractivity contribution in [1.82, 2.24) is 24.6 Å². The van der Waals surface area contributed by atoms with Gasteiger partial charge in [-0.1, -0.05) is 18.5 Å². The molecule has 1 amide bonds. The maximum absolute atomic E-state index is 11.9. The molecule has 2 aromatic heterocycles. The van der Waals surface area contributed by atoms with Gasteiger partial charge in [0.2, 0.25) is 0 Å². The van der Waals surface area contributed by atoms with Crippen molar-refractivity contribution in [3.63, 3.8) is 0 Å². The Morgan fingerprint density at radius 1 is 1.38 bits per heavy atom. The zero-order valence-electron chi connectivity index (χ0n) is 12.6. The first kappa shape index (κ1) is 15.4. The maximum atomic E-state index is 11.9. The summed E-state index contributed by atoms with van der Waals surface area (Å²) < 4.78 is 1.57. The van der Waals surface area contributed by atoms with Crippen LogP contribution in [0.1, 0.15) is 35.2 Å². The van der Waals surface area contributed by atoms with Crippen LogP contribution < -0.4 is 0 Å². The topological polar surface area (TPSA) is 63.9 Å². The molecule has 6 nitrogen and oxygen atoms in total. The second-order valence-electron chi connectivity index (χ2n) is 4.97. The van der Waals surface area contributed by atoms with E-state index in [2.05, 4.69) is 22.0 Å². The van der Waals surface area contributed by atoms with Gasteiger partial charge in [-0.15, -0.1) is 0 Å². The lowest BCUT2D eigenvalue weighted by molar-refractivity contribution is 0.0821. The van der Waals surface area contributed by atoms with Crippen LogP contribution in [0.25, 0.3) is 5.82 Å². The summed E-state index contributed by atoms with van der Waals surface area (Å²) in [7, 11) is 3.38. The van der Waals surface area contributed by atoms with Gasteiger partial charge in [-0.25, -0.2) is 14.6 Å². The van der Waals surface area contributed by atoms with Gasteiger partial charge in [-0.05, 0) is 19.4 Å². The van der Waals surface area contributed by atoms with Gasteiger partial charge >= 0.3 is 0 Å². The molecule has 0 atom stereocenters. The number of aryl methyl sites for hydroxylation is 1. The SMILES string of the molecule is CCCc1nc(Cl)c(C)c(-n2ccc(C(=O)N(C)C)n2)n1. The summed E-state index contributed by atoms with van der Waals surface area (Å²) in [6.07, 6.45) is 3.39. The molecule has 2 aromatic rings. The predicted octanol–water partition coefficient (Wildman–Crippen LogP) is 2.28. The van der Waals surface area contributed by atoms with Gasteiger partial charge in [-0.2, -0.15) is 5.10 Å². The van der Waals surface area contributed by atoms with Crippen molar-refractivity contribution >= 4 is 17.5 Å². The number of aromatic nitrogens is 4. The molecule has 0 radical (unpaired) electrons. The first-order valence-corrected chi connectivity index (χ1v) is 7.12. The van der Waals surface area contributed by atoms with Crippen LogP contribution in [0.2, 0.25) is 5.15 Å². The molecule has 0 aliphatic rings. The number of halogens is 1. The van der Waals surface area contributed by atoms with Crippen molar-refractivity contribution in [1.29, 1.82) is 0 Å². The quantitative estimate of drug-likeness (QED) is 0.813. The van der Waals surface area contributed by atoms with Crippen LogP contribution in [0, 0.1) is 6.92 Å². The van der Waals surface area contributed by atoms with E-state index in [1.165, 1.54) is 4.90 Å². The van der Waals surface area contributed by atoms with Gasteiger partial charge in [0.25, 0.3) is 5.91 Å². The fourth-order valence-corrected chi connectivity index (χ4v) is 2.05. The Morgan fingerprint density at radius 3 is 2.71 bits per heavy atom. The average Bonchev–Trinajstić information content (AvgIpc) is 2.91. The van der Waals surface area contributed by atoms with Gasteiger partial charge in [0.05, 0.1) is 0 Å². The zero-order chi connectivity index (χ0) is 15.6. The highest BCUT2D eigenvalue weighted by atomic mass is 35.5. The van der Waals surface area contributed by atoms with Crippen LogP contribution in [-0.2, 0) is 6.42 Å². The summed E-state index contributed by atoms with van der Waals surface area (Å²) in [6, 6.07) is 1.66. The minimum absolute atomic E-state index is 0.152. The molecule has 0 bridgehead atoms. The highest BCUT2D eigenvalue weighted by Crippen LogP contribution is 2.19. The van der Waals surface area contributed by atoms with Crippen LogP contribution in [0.15, 0.2) is 12.3 Å². The van der Waals surface area contributed by atoms with Crippen LogP contribution >= 0.6 is 11.6 Å². The highest BCUT2D eigenvalue weighted by molar-refractivity contribution is 6.30. The van der Waals surface area contributed by atoms with E-state index in [1.54, 1.807) is 31.0 Å². The molecule has 0 fully saturated rings. The summed E-state index contributed by atoms with van der Waals surface area (Å²) in [5.74, 6) is 1.13. The molecule has 0 aromatic carbocycles. The van der Waals surface area contributed by atoms with Gasteiger partial charge in [0.1, 0.15) is 11.0 Å². The molecular formula is C14H18ClN5O. The summed E-state index contributed by atoms with van der Waals surface area (Å²) in [4.78, 5) is 22.1. The third kappa shape index (κ3) is 3.21. The molecule has 2 rings (SSSR count). The minimum atomic E-state index is -0.152. The van der Waals surface area contributed by atoms with Gasteiger partial charge in [0, 0.05) is 32.3 Å². The van der Waals surface area contributed by atoms with Crippen molar-refractivity contribution < 1.29 is 4.79 Å². The van der Waals surface area contributed by atoms with Gasteiger partial charge in [-0.3, -0.25) is 4.79 Å². The van der Waals surface area contributed by atoms with Crippen molar-refractivity contribution in [3.05, 3.63) is 34.5 Å². The second-order valence-corrected chi connectivity index (χ2v) is 5.33.